The lowest BCUT2D eigenvalue weighted by molar-refractivity contribution is 0.0859. The number of hydrogen-bond donors (Lipinski definition) is 0. The van der Waals surface area contributed by atoms with Crippen LogP contribution < -0.4 is 0 Å². The maximum atomic E-state index is 12.2. The van der Waals surface area contributed by atoms with Crippen LogP contribution >= 0.6 is 0 Å². The lowest BCUT2D eigenvalue weighted by Crippen LogP contribution is -1.91. The molecule has 0 aliphatic heterocycles. The lowest BCUT2D eigenvalue weighted by atomic mass is 10.3. The molecule has 1 rings (SSSR count). The first kappa shape index (κ1) is 5.99. The highest BCUT2D eigenvalue weighted by atomic mass is 19.3. The van der Waals surface area contributed by atoms with Crippen molar-refractivity contribution >= 4 is 0 Å². The van der Waals surface area contributed by atoms with Gasteiger partial charge in [0.05, 0.1) is 0 Å². The molecule has 0 aromatic carbocycles. The van der Waals surface area contributed by atoms with E-state index in [0.717, 1.165) is 0 Å². The molecule has 48 valence electrons. The highest BCUT2D eigenvalue weighted by Gasteiger charge is 2.63. The van der Waals surface area contributed by atoms with Crippen molar-refractivity contribution in [1.82, 2.24) is 0 Å². The van der Waals surface area contributed by atoms with Crippen molar-refractivity contribution in [2.24, 2.45) is 11.8 Å². The van der Waals surface area contributed by atoms with Crippen molar-refractivity contribution in [2.45, 2.75) is 26.2 Å². The van der Waals surface area contributed by atoms with E-state index in [4.69, 9.17) is 0 Å². The molecule has 2 atom stereocenters. The normalized spacial score (nSPS) is 42.0. The summed E-state index contributed by atoms with van der Waals surface area (Å²) in [5.41, 5.74) is 0. The Labute approximate surface area is 47.9 Å². The molecule has 0 unspecified atom stereocenters. The monoisotopic (exact) mass is 120 g/mol. The smallest absolute Gasteiger partial charge is 0.206 e. The first-order chi connectivity index (χ1) is 3.60. The molecule has 0 aromatic rings. The Hall–Kier alpha value is -0.140. The van der Waals surface area contributed by atoms with Crippen molar-refractivity contribution in [1.29, 1.82) is 0 Å². The largest absolute Gasteiger partial charge is 0.254 e. The Morgan fingerprint density at radius 2 is 1.88 bits per heavy atom. The van der Waals surface area contributed by atoms with Crippen LogP contribution in [0, 0.1) is 11.8 Å². The van der Waals surface area contributed by atoms with Gasteiger partial charge < -0.3 is 0 Å². The molecule has 1 saturated carbocycles. The summed E-state index contributed by atoms with van der Waals surface area (Å²) >= 11 is 0. The lowest BCUT2D eigenvalue weighted by Gasteiger charge is -1.87. The predicted molar refractivity (Wildman–Crippen MR) is 27.9 cm³/mol. The van der Waals surface area contributed by atoms with E-state index in [2.05, 4.69) is 0 Å². The molecule has 0 spiro atoms. The SMILES string of the molecule is CC[C@H]1[C@@H](C)C1(F)F. The Bertz CT molecular complexity index is 98.7. The highest BCUT2D eigenvalue weighted by molar-refractivity contribution is 5.01. The van der Waals surface area contributed by atoms with Gasteiger partial charge in [0.25, 0.3) is 5.92 Å². The van der Waals surface area contributed by atoms with Gasteiger partial charge in [0.2, 0.25) is 0 Å². The van der Waals surface area contributed by atoms with E-state index in [0.29, 0.717) is 6.42 Å². The number of hydrogen-bond acceptors (Lipinski definition) is 0. The number of rotatable bonds is 1. The third-order valence-corrected chi connectivity index (χ3v) is 2.04. The average Bonchev–Trinajstić information content (AvgIpc) is 2.09. The fraction of sp³-hybridized carbons (Fsp3) is 1.00. The maximum Gasteiger partial charge on any atom is 0.254 e. The van der Waals surface area contributed by atoms with Crippen LogP contribution in [0.2, 0.25) is 0 Å². The van der Waals surface area contributed by atoms with E-state index in [9.17, 15) is 8.78 Å². The predicted octanol–water partition coefficient (Wildman–Crippen LogP) is 2.30. The second-order valence-corrected chi connectivity index (χ2v) is 2.48. The zero-order valence-corrected chi connectivity index (χ0v) is 5.12. The van der Waals surface area contributed by atoms with Gasteiger partial charge in [0.1, 0.15) is 0 Å². The standard InChI is InChI=1S/C6H10F2/c1-3-5-4(2)6(5,7)8/h4-5H,3H2,1-2H3/t4-,5+/m1/s1. The van der Waals surface area contributed by atoms with Crippen molar-refractivity contribution in [2.75, 3.05) is 0 Å². The first-order valence-electron chi connectivity index (χ1n) is 2.98. The summed E-state index contributed by atoms with van der Waals surface area (Å²) in [6, 6.07) is 0. The number of alkyl halides is 2. The van der Waals surface area contributed by atoms with Gasteiger partial charge >= 0.3 is 0 Å². The molecule has 8 heavy (non-hydrogen) atoms. The summed E-state index contributed by atoms with van der Waals surface area (Å²) in [7, 11) is 0. The zero-order chi connectivity index (χ0) is 6.36. The fourth-order valence-electron chi connectivity index (χ4n) is 1.19. The molecule has 0 bridgehead atoms. The molecule has 2 heteroatoms. The van der Waals surface area contributed by atoms with Gasteiger partial charge in [0.15, 0.2) is 0 Å². The zero-order valence-electron chi connectivity index (χ0n) is 5.12. The summed E-state index contributed by atoms with van der Waals surface area (Å²) < 4.78 is 24.4. The molecule has 0 aromatic heterocycles. The van der Waals surface area contributed by atoms with Crippen LogP contribution in [0.3, 0.4) is 0 Å². The summed E-state index contributed by atoms with van der Waals surface area (Å²) in [4.78, 5) is 0. The third kappa shape index (κ3) is 0.550. The minimum atomic E-state index is -2.32. The molecule has 1 aliphatic rings. The van der Waals surface area contributed by atoms with Gasteiger partial charge in [-0.1, -0.05) is 13.8 Å². The van der Waals surface area contributed by atoms with Crippen molar-refractivity contribution < 1.29 is 8.78 Å². The molecule has 0 amide bonds. The highest BCUT2D eigenvalue weighted by Crippen LogP contribution is 2.56. The molecule has 0 radical (unpaired) electrons. The van der Waals surface area contributed by atoms with Crippen LogP contribution in [0.5, 0.6) is 0 Å². The van der Waals surface area contributed by atoms with Crippen LogP contribution in [0.25, 0.3) is 0 Å². The van der Waals surface area contributed by atoms with Crippen LogP contribution in [-0.4, -0.2) is 5.92 Å². The van der Waals surface area contributed by atoms with Crippen LogP contribution in [0.15, 0.2) is 0 Å². The Balaban J connectivity index is 2.45. The molecule has 0 nitrogen and oxygen atoms in total. The summed E-state index contributed by atoms with van der Waals surface area (Å²) in [6.45, 7) is 3.41. The molecule has 0 heterocycles. The van der Waals surface area contributed by atoms with E-state index in [1.807, 2.05) is 6.92 Å². The Kier molecular flexibility index (Phi) is 1.07. The molecule has 1 fully saturated rings. The second-order valence-electron chi connectivity index (χ2n) is 2.48. The maximum absolute atomic E-state index is 12.2. The third-order valence-electron chi connectivity index (χ3n) is 2.04. The van der Waals surface area contributed by atoms with E-state index in [-0.39, 0.29) is 11.8 Å². The minimum Gasteiger partial charge on any atom is -0.206 e. The van der Waals surface area contributed by atoms with Gasteiger partial charge in [-0.15, -0.1) is 0 Å². The van der Waals surface area contributed by atoms with Gasteiger partial charge in [-0.3, -0.25) is 0 Å². The van der Waals surface area contributed by atoms with Gasteiger partial charge in [-0.05, 0) is 6.42 Å². The fourth-order valence-corrected chi connectivity index (χ4v) is 1.19. The first-order valence-corrected chi connectivity index (χ1v) is 2.98. The summed E-state index contributed by atoms with van der Waals surface area (Å²) in [5.74, 6) is -3.00. The molecular formula is C6H10F2. The van der Waals surface area contributed by atoms with E-state index in [1.54, 1.807) is 6.92 Å². The van der Waals surface area contributed by atoms with Crippen LogP contribution in [0.1, 0.15) is 20.3 Å². The molecule has 1 aliphatic carbocycles. The van der Waals surface area contributed by atoms with E-state index >= 15 is 0 Å². The summed E-state index contributed by atoms with van der Waals surface area (Å²) in [5, 5.41) is 0. The quantitative estimate of drug-likeness (QED) is 0.498. The van der Waals surface area contributed by atoms with Crippen LogP contribution in [-0.2, 0) is 0 Å². The van der Waals surface area contributed by atoms with Gasteiger partial charge in [0, 0.05) is 11.8 Å². The number of halogens is 2. The van der Waals surface area contributed by atoms with E-state index < -0.39 is 5.92 Å². The van der Waals surface area contributed by atoms with Crippen molar-refractivity contribution in [3.05, 3.63) is 0 Å². The van der Waals surface area contributed by atoms with Crippen LogP contribution in [0.4, 0.5) is 8.78 Å². The molecular weight excluding hydrogens is 110 g/mol. The van der Waals surface area contributed by atoms with Gasteiger partial charge in [-0.2, -0.15) is 0 Å². The van der Waals surface area contributed by atoms with Gasteiger partial charge in [-0.25, -0.2) is 8.78 Å². The molecule has 0 N–H and O–H groups in total. The molecule has 0 saturated heterocycles. The topological polar surface area (TPSA) is 0 Å². The van der Waals surface area contributed by atoms with E-state index in [1.165, 1.54) is 0 Å². The summed E-state index contributed by atoms with van der Waals surface area (Å²) in [6.07, 6.45) is 0.619. The van der Waals surface area contributed by atoms with Crippen molar-refractivity contribution in [3.63, 3.8) is 0 Å². The Morgan fingerprint density at radius 1 is 1.50 bits per heavy atom. The average molecular weight is 120 g/mol. The Morgan fingerprint density at radius 3 is 1.88 bits per heavy atom. The minimum absolute atomic E-state index is 0.317. The van der Waals surface area contributed by atoms with Crippen molar-refractivity contribution in [3.8, 4) is 0 Å². The second kappa shape index (κ2) is 1.42.